The first-order valence-corrected chi connectivity index (χ1v) is 6.15. The second-order valence-corrected chi connectivity index (χ2v) is 5.98. The van der Waals surface area contributed by atoms with E-state index in [4.69, 9.17) is 5.73 Å². The molecule has 0 aromatic rings. The maximum atomic E-state index is 12.1. The van der Waals surface area contributed by atoms with E-state index < -0.39 is 5.54 Å². The minimum Gasteiger partial charge on any atom is -0.393 e. The highest BCUT2D eigenvalue weighted by atomic mass is 16.3. The van der Waals surface area contributed by atoms with E-state index >= 15 is 0 Å². The summed E-state index contributed by atoms with van der Waals surface area (Å²) in [5.74, 6) is 0.159. The Bertz CT molecular complexity index is 271. The first-order valence-electron chi connectivity index (χ1n) is 6.15. The molecule has 92 valence electrons. The van der Waals surface area contributed by atoms with E-state index in [1.165, 1.54) is 0 Å². The van der Waals surface area contributed by atoms with Gasteiger partial charge in [-0.05, 0) is 39.5 Å². The van der Waals surface area contributed by atoms with Crippen LogP contribution >= 0.6 is 0 Å². The second kappa shape index (κ2) is 4.00. The van der Waals surface area contributed by atoms with Crippen molar-refractivity contribution in [1.29, 1.82) is 0 Å². The van der Waals surface area contributed by atoms with Crippen LogP contribution in [0.2, 0.25) is 0 Å². The van der Waals surface area contributed by atoms with E-state index in [-0.39, 0.29) is 24.1 Å². The van der Waals surface area contributed by atoms with Crippen molar-refractivity contribution in [3.63, 3.8) is 0 Å². The number of carbonyl (C=O) groups is 1. The molecule has 0 spiro atoms. The van der Waals surface area contributed by atoms with Crippen molar-refractivity contribution in [2.45, 2.75) is 69.7 Å². The molecule has 2 aliphatic rings. The Morgan fingerprint density at radius 2 is 1.88 bits per heavy atom. The Kier molecular flexibility index (Phi) is 2.97. The molecular weight excluding hydrogens is 204 g/mol. The molecule has 2 unspecified atom stereocenters. The van der Waals surface area contributed by atoms with Gasteiger partial charge in [-0.1, -0.05) is 0 Å². The molecule has 3 N–H and O–H groups in total. The monoisotopic (exact) mass is 226 g/mol. The first-order chi connectivity index (χ1) is 7.37. The van der Waals surface area contributed by atoms with Gasteiger partial charge in [-0.15, -0.1) is 0 Å². The smallest absolute Gasteiger partial charge is 0.224 e. The molecule has 0 aromatic heterocycles. The molecule has 4 nitrogen and oxygen atoms in total. The van der Waals surface area contributed by atoms with E-state index in [0.29, 0.717) is 6.42 Å². The van der Waals surface area contributed by atoms with Crippen LogP contribution < -0.4 is 5.73 Å². The Morgan fingerprint density at radius 3 is 2.31 bits per heavy atom. The Hall–Kier alpha value is -0.610. The number of nitrogens with two attached hydrogens (primary N) is 1. The van der Waals surface area contributed by atoms with Gasteiger partial charge in [0.25, 0.3) is 0 Å². The molecule has 2 heterocycles. The van der Waals surface area contributed by atoms with Crippen molar-refractivity contribution in [2.24, 2.45) is 5.73 Å². The van der Waals surface area contributed by atoms with Crippen LogP contribution in [0.25, 0.3) is 0 Å². The van der Waals surface area contributed by atoms with Gasteiger partial charge in [0.1, 0.15) is 0 Å². The topological polar surface area (TPSA) is 66.6 Å². The molecule has 2 rings (SSSR count). The highest BCUT2D eigenvalue weighted by Gasteiger charge is 2.43. The van der Waals surface area contributed by atoms with Gasteiger partial charge in [-0.2, -0.15) is 0 Å². The fraction of sp³-hybridized carbons (Fsp3) is 0.917. The molecular formula is C12H22N2O2. The SMILES string of the molecule is CC(C)(N)CC(=O)N1C2CCC1CC(O)C2. The molecule has 2 atom stereocenters. The van der Waals surface area contributed by atoms with Crippen molar-refractivity contribution in [3.05, 3.63) is 0 Å². The number of hydrogen-bond donors (Lipinski definition) is 2. The zero-order valence-corrected chi connectivity index (χ0v) is 10.1. The highest BCUT2D eigenvalue weighted by molar-refractivity contribution is 5.78. The summed E-state index contributed by atoms with van der Waals surface area (Å²) in [6.07, 6.45) is 3.75. The Balaban J connectivity index is 2.03. The van der Waals surface area contributed by atoms with E-state index in [9.17, 15) is 9.90 Å². The molecule has 1 amide bonds. The lowest BCUT2D eigenvalue weighted by atomic mass is 9.96. The molecule has 16 heavy (non-hydrogen) atoms. The number of piperidine rings is 1. The van der Waals surface area contributed by atoms with Crippen molar-refractivity contribution in [2.75, 3.05) is 0 Å². The average Bonchev–Trinajstić information content (AvgIpc) is 2.36. The summed E-state index contributed by atoms with van der Waals surface area (Å²) in [5.41, 5.74) is 5.45. The molecule has 2 bridgehead atoms. The van der Waals surface area contributed by atoms with E-state index in [0.717, 1.165) is 25.7 Å². The summed E-state index contributed by atoms with van der Waals surface area (Å²) in [6.45, 7) is 3.76. The van der Waals surface area contributed by atoms with Gasteiger partial charge in [-0.3, -0.25) is 4.79 Å². The maximum absolute atomic E-state index is 12.1. The predicted octanol–water partition coefficient (Wildman–Crippen LogP) is 0.628. The van der Waals surface area contributed by atoms with Crippen molar-refractivity contribution in [1.82, 2.24) is 4.90 Å². The van der Waals surface area contributed by atoms with Crippen LogP contribution in [0, 0.1) is 0 Å². The van der Waals surface area contributed by atoms with Crippen LogP contribution in [0.3, 0.4) is 0 Å². The minimum atomic E-state index is -0.438. The maximum Gasteiger partial charge on any atom is 0.224 e. The van der Waals surface area contributed by atoms with Gasteiger partial charge in [-0.25, -0.2) is 0 Å². The fourth-order valence-electron chi connectivity index (χ4n) is 3.04. The van der Waals surface area contributed by atoms with Crippen molar-refractivity contribution >= 4 is 5.91 Å². The molecule has 0 aliphatic carbocycles. The van der Waals surface area contributed by atoms with Gasteiger partial charge in [0, 0.05) is 24.0 Å². The number of amides is 1. The average molecular weight is 226 g/mol. The lowest BCUT2D eigenvalue weighted by molar-refractivity contribution is -0.138. The molecule has 2 fully saturated rings. The third kappa shape index (κ3) is 2.38. The third-order valence-corrected chi connectivity index (χ3v) is 3.60. The number of aliphatic hydroxyl groups is 1. The first kappa shape index (κ1) is 11.9. The summed E-state index contributed by atoms with van der Waals surface area (Å²) >= 11 is 0. The van der Waals surface area contributed by atoms with Crippen molar-refractivity contribution in [3.8, 4) is 0 Å². The summed E-state index contributed by atoms with van der Waals surface area (Å²) < 4.78 is 0. The number of rotatable bonds is 2. The van der Waals surface area contributed by atoms with Crippen LogP contribution in [0.1, 0.15) is 46.0 Å². The quantitative estimate of drug-likeness (QED) is 0.725. The van der Waals surface area contributed by atoms with Gasteiger partial charge in [0.15, 0.2) is 0 Å². The summed E-state index contributed by atoms with van der Waals surface area (Å²) in [5, 5.41) is 9.66. The van der Waals surface area contributed by atoms with Crippen LogP contribution in [0.5, 0.6) is 0 Å². The zero-order chi connectivity index (χ0) is 11.9. The Morgan fingerprint density at radius 1 is 1.38 bits per heavy atom. The van der Waals surface area contributed by atoms with Gasteiger partial charge in [0.2, 0.25) is 5.91 Å². The van der Waals surface area contributed by atoms with E-state index in [1.54, 1.807) is 0 Å². The summed E-state index contributed by atoms with van der Waals surface area (Å²) in [7, 11) is 0. The van der Waals surface area contributed by atoms with E-state index in [1.807, 2.05) is 18.7 Å². The molecule has 4 heteroatoms. The standard InChI is InChI=1S/C12H22N2O2/c1-12(2,13)7-11(16)14-8-3-4-9(14)6-10(15)5-8/h8-10,15H,3-7,13H2,1-2H3. The van der Waals surface area contributed by atoms with Crippen LogP contribution in [-0.2, 0) is 4.79 Å². The van der Waals surface area contributed by atoms with Gasteiger partial charge >= 0.3 is 0 Å². The number of aliphatic hydroxyl groups excluding tert-OH is 1. The Labute approximate surface area is 96.8 Å². The van der Waals surface area contributed by atoms with Crippen LogP contribution in [0.15, 0.2) is 0 Å². The normalized spacial score (nSPS) is 34.2. The predicted molar refractivity (Wildman–Crippen MR) is 61.8 cm³/mol. The second-order valence-electron chi connectivity index (χ2n) is 5.98. The number of carbonyl (C=O) groups excluding carboxylic acids is 1. The number of fused-ring (bicyclic) bond motifs is 2. The van der Waals surface area contributed by atoms with Crippen LogP contribution in [0.4, 0.5) is 0 Å². The highest BCUT2D eigenvalue weighted by Crippen LogP contribution is 2.36. The number of nitrogens with zero attached hydrogens (tertiary/aromatic N) is 1. The molecule has 2 saturated heterocycles. The summed E-state index contributed by atoms with van der Waals surface area (Å²) in [6, 6.07) is 0.507. The van der Waals surface area contributed by atoms with Crippen molar-refractivity contribution < 1.29 is 9.90 Å². The van der Waals surface area contributed by atoms with E-state index in [2.05, 4.69) is 0 Å². The lowest BCUT2D eigenvalue weighted by Crippen LogP contribution is -2.50. The molecule has 0 radical (unpaired) electrons. The van der Waals surface area contributed by atoms with Crippen LogP contribution in [-0.4, -0.2) is 39.6 Å². The van der Waals surface area contributed by atoms with Gasteiger partial charge in [0.05, 0.1) is 6.10 Å². The van der Waals surface area contributed by atoms with Gasteiger partial charge < -0.3 is 15.7 Å². The fourth-order valence-corrected chi connectivity index (χ4v) is 3.04. The number of hydrogen-bond acceptors (Lipinski definition) is 3. The molecule has 2 aliphatic heterocycles. The summed E-state index contributed by atoms with van der Waals surface area (Å²) in [4.78, 5) is 14.1. The lowest BCUT2D eigenvalue weighted by Gasteiger charge is -2.38. The largest absolute Gasteiger partial charge is 0.393 e. The minimum absolute atomic E-state index is 0.159. The molecule has 0 aromatic carbocycles. The third-order valence-electron chi connectivity index (χ3n) is 3.60. The zero-order valence-electron chi connectivity index (χ0n) is 10.1. The molecule has 0 saturated carbocycles.